The van der Waals surface area contributed by atoms with Crippen LogP contribution in [0.4, 0.5) is 0 Å². The summed E-state index contributed by atoms with van der Waals surface area (Å²) < 4.78 is 0. The number of aryl methyl sites for hydroxylation is 1. The maximum Gasteiger partial charge on any atom is 0.250 e. The van der Waals surface area contributed by atoms with Gasteiger partial charge < -0.3 is 20.6 Å². The summed E-state index contributed by atoms with van der Waals surface area (Å²) in [5, 5.41) is 15.8. The molecular weight excluding hydrogens is 442 g/mol. The topological polar surface area (TPSA) is 98.7 Å². The minimum absolute atomic E-state index is 0.0528. The number of carbonyl (C=O) groups excluding carboxylic acids is 3. The molecule has 2 aliphatic rings. The molecule has 0 radical (unpaired) electrons. The number of nitrogens with zero attached hydrogens (tertiary/aromatic N) is 1. The third kappa shape index (κ3) is 5.50. The monoisotopic (exact) mass is 477 g/mol. The quantitative estimate of drug-likeness (QED) is 0.565. The van der Waals surface area contributed by atoms with Crippen molar-refractivity contribution in [1.29, 1.82) is 0 Å². The molecule has 0 aromatic heterocycles. The number of amides is 3. The lowest BCUT2D eigenvalue weighted by Gasteiger charge is -2.32. The van der Waals surface area contributed by atoms with Gasteiger partial charge in [0, 0.05) is 12.5 Å². The Bertz CT molecular complexity index is 1070. The Kier molecular flexibility index (Phi) is 7.73. The van der Waals surface area contributed by atoms with Gasteiger partial charge in [0.05, 0.1) is 6.04 Å². The van der Waals surface area contributed by atoms with E-state index in [2.05, 4.69) is 22.8 Å². The molecule has 0 saturated carbocycles. The summed E-state index contributed by atoms with van der Waals surface area (Å²) in [5.41, 5.74) is 3.01. The summed E-state index contributed by atoms with van der Waals surface area (Å²) >= 11 is 0. The third-order valence-corrected chi connectivity index (χ3v) is 7.34. The molecule has 3 amide bonds. The molecule has 4 rings (SSSR count). The van der Waals surface area contributed by atoms with Crippen molar-refractivity contribution in [3.8, 4) is 5.75 Å². The number of fused-ring (bicyclic) bond motifs is 1. The fraction of sp³-hybridized carbons (Fsp3) is 0.464. The molecule has 1 heterocycles. The second-order valence-corrected chi connectivity index (χ2v) is 9.68. The number of hydrogen-bond acceptors (Lipinski definition) is 4. The first kappa shape index (κ1) is 24.8. The molecule has 1 fully saturated rings. The van der Waals surface area contributed by atoms with Crippen LogP contribution >= 0.6 is 0 Å². The van der Waals surface area contributed by atoms with Crippen molar-refractivity contribution in [3.05, 3.63) is 65.2 Å². The molecule has 2 aromatic carbocycles. The van der Waals surface area contributed by atoms with E-state index in [1.54, 1.807) is 17.0 Å². The van der Waals surface area contributed by atoms with E-state index in [1.807, 2.05) is 26.0 Å². The van der Waals surface area contributed by atoms with Gasteiger partial charge in [0.2, 0.25) is 17.7 Å². The van der Waals surface area contributed by atoms with E-state index in [4.69, 9.17) is 0 Å². The number of nitrogens with one attached hydrogen (secondary N) is 2. The Morgan fingerprint density at radius 1 is 1.06 bits per heavy atom. The van der Waals surface area contributed by atoms with E-state index in [-0.39, 0.29) is 35.4 Å². The summed E-state index contributed by atoms with van der Waals surface area (Å²) in [7, 11) is 0. The van der Waals surface area contributed by atoms with Gasteiger partial charge in [-0.2, -0.15) is 0 Å². The predicted molar refractivity (Wildman–Crippen MR) is 133 cm³/mol. The first-order valence-corrected chi connectivity index (χ1v) is 12.7. The van der Waals surface area contributed by atoms with Crippen LogP contribution in [0.25, 0.3) is 0 Å². The highest BCUT2D eigenvalue weighted by Crippen LogP contribution is 2.31. The average Bonchev–Trinajstić information content (AvgIpc) is 3.37. The summed E-state index contributed by atoms with van der Waals surface area (Å²) in [6, 6.07) is 12.9. The van der Waals surface area contributed by atoms with Crippen LogP contribution in [0, 0.1) is 5.92 Å². The number of rotatable bonds is 7. The lowest BCUT2D eigenvalue weighted by molar-refractivity contribution is -0.142. The molecular formula is C28H35N3O4. The van der Waals surface area contributed by atoms with E-state index >= 15 is 0 Å². The molecule has 1 saturated heterocycles. The standard InChI is InChI=1S/C28H35N3O4/c1-3-18(2)26(33)30-25(20-13-15-21(32)16-14-20)28(35)31-17-7-12-24(31)27(34)29-23-11-6-9-19-8-4-5-10-22(19)23/h4-5,8,10,13-16,18,23-25,32H,3,6-7,9,11-12,17H2,1-2H3,(H,29,34)(H,30,33)/t18-,23+,24-,25-/m0/s1. The van der Waals surface area contributed by atoms with Gasteiger partial charge in [-0.1, -0.05) is 50.2 Å². The smallest absolute Gasteiger partial charge is 0.250 e. The SMILES string of the molecule is CC[C@H](C)C(=O)N[C@H](C(=O)N1CCC[C@H]1C(=O)N[C@@H]1CCCc2ccccc21)c1ccc(O)cc1. The van der Waals surface area contributed by atoms with Gasteiger partial charge >= 0.3 is 0 Å². The van der Waals surface area contributed by atoms with Crippen LogP contribution in [0.1, 0.15) is 74.7 Å². The Morgan fingerprint density at radius 2 is 1.80 bits per heavy atom. The van der Waals surface area contributed by atoms with Crippen LogP contribution in [-0.4, -0.2) is 40.3 Å². The maximum absolute atomic E-state index is 13.8. The van der Waals surface area contributed by atoms with Crippen LogP contribution < -0.4 is 10.6 Å². The van der Waals surface area contributed by atoms with E-state index in [0.717, 1.165) is 31.2 Å². The Hall–Kier alpha value is -3.35. The fourth-order valence-corrected chi connectivity index (χ4v) is 5.07. The van der Waals surface area contributed by atoms with E-state index in [0.29, 0.717) is 24.9 Å². The molecule has 0 spiro atoms. The van der Waals surface area contributed by atoms with Crippen molar-refractivity contribution in [1.82, 2.24) is 15.5 Å². The van der Waals surface area contributed by atoms with E-state index < -0.39 is 12.1 Å². The molecule has 2 aromatic rings. The molecule has 186 valence electrons. The average molecular weight is 478 g/mol. The number of aromatic hydroxyl groups is 1. The van der Waals surface area contributed by atoms with Crippen LogP contribution in [0.15, 0.2) is 48.5 Å². The molecule has 0 bridgehead atoms. The molecule has 3 N–H and O–H groups in total. The molecule has 1 aliphatic carbocycles. The van der Waals surface area contributed by atoms with Gasteiger partial charge in [0.1, 0.15) is 17.8 Å². The number of benzene rings is 2. The van der Waals surface area contributed by atoms with Crippen molar-refractivity contribution >= 4 is 17.7 Å². The largest absolute Gasteiger partial charge is 0.508 e. The summed E-state index contributed by atoms with van der Waals surface area (Å²) in [6.45, 7) is 4.21. The minimum atomic E-state index is -0.916. The van der Waals surface area contributed by atoms with Gasteiger partial charge in [0.15, 0.2) is 0 Å². The Morgan fingerprint density at radius 3 is 2.54 bits per heavy atom. The van der Waals surface area contributed by atoms with Crippen LogP contribution in [-0.2, 0) is 20.8 Å². The normalized spacial score (nSPS) is 21.0. The van der Waals surface area contributed by atoms with Crippen molar-refractivity contribution in [2.45, 2.75) is 70.5 Å². The maximum atomic E-state index is 13.8. The van der Waals surface area contributed by atoms with Gasteiger partial charge in [0.25, 0.3) is 0 Å². The predicted octanol–water partition coefficient (Wildman–Crippen LogP) is 3.78. The second kappa shape index (κ2) is 10.9. The lowest BCUT2D eigenvalue weighted by atomic mass is 9.87. The zero-order valence-electron chi connectivity index (χ0n) is 20.5. The Labute approximate surface area is 206 Å². The molecule has 0 unspecified atom stereocenters. The lowest BCUT2D eigenvalue weighted by Crippen LogP contribution is -2.51. The zero-order chi connectivity index (χ0) is 24.9. The molecule has 7 heteroatoms. The second-order valence-electron chi connectivity index (χ2n) is 9.68. The van der Waals surface area contributed by atoms with Gasteiger partial charge in [-0.05, 0) is 67.3 Å². The highest BCUT2D eigenvalue weighted by molar-refractivity contribution is 5.93. The number of likely N-dealkylation sites (tertiary alicyclic amines) is 1. The Balaban J connectivity index is 1.53. The van der Waals surface area contributed by atoms with Crippen LogP contribution in [0.2, 0.25) is 0 Å². The number of carbonyl (C=O) groups is 3. The van der Waals surface area contributed by atoms with E-state index in [9.17, 15) is 19.5 Å². The zero-order valence-corrected chi connectivity index (χ0v) is 20.5. The van der Waals surface area contributed by atoms with Gasteiger partial charge in [-0.15, -0.1) is 0 Å². The summed E-state index contributed by atoms with van der Waals surface area (Å²) in [6.07, 6.45) is 4.88. The number of hydrogen-bond donors (Lipinski definition) is 3. The summed E-state index contributed by atoms with van der Waals surface area (Å²) in [4.78, 5) is 41.5. The van der Waals surface area contributed by atoms with Crippen molar-refractivity contribution in [3.63, 3.8) is 0 Å². The van der Waals surface area contributed by atoms with Crippen LogP contribution in [0.3, 0.4) is 0 Å². The van der Waals surface area contributed by atoms with Gasteiger partial charge in [-0.3, -0.25) is 14.4 Å². The first-order chi connectivity index (χ1) is 16.9. The van der Waals surface area contributed by atoms with Crippen molar-refractivity contribution in [2.24, 2.45) is 5.92 Å². The molecule has 1 aliphatic heterocycles. The fourth-order valence-electron chi connectivity index (χ4n) is 5.07. The van der Waals surface area contributed by atoms with Crippen molar-refractivity contribution in [2.75, 3.05) is 6.54 Å². The minimum Gasteiger partial charge on any atom is -0.508 e. The third-order valence-electron chi connectivity index (χ3n) is 7.34. The molecule has 4 atom stereocenters. The van der Waals surface area contributed by atoms with E-state index in [1.165, 1.54) is 17.7 Å². The summed E-state index contributed by atoms with van der Waals surface area (Å²) in [5.74, 6) is -0.812. The highest BCUT2D eigenvalue weighted by Gasteiger charge is 2.39. The number of phenolic OH excluding ortho intramolecular Hbond substituents is 1. The van der Waals surface area contributed by atoms with Crippen molar-refractivity contribution < 1.29 is 19.5 Å². The van der Waals surface area contributed by atoms with Gasteiger partial charge in [-0.25, -0.2) is 0 Å². The number of phenols is 1. The molecule has 7 nitrogen and oxygen atoms in total. The van der Waals surface area contributed by atoms with Crippen LogP contribution in [0.5, 0.6) is 5.75 Å². The first-order valence-electron chi connectivity index (χ1n) is 12.7. The molecule has 35 heavy (non-hydrogen) atoms. The highest BCUT2D eigenvalue weighted by atomic mass is 16.3.